The molecule has 0 aliphatic carbocycles. The highest BCUT2D eigenvalue weighted by atomic mass is 16.4. The minimum absolute atomic E-state index is 0.00578. The number of piperazine rings is 1. The van der Waals surface area contributed by atoms with Crippen LogP contribution in [-0.2, 0) is 14.4 Å². The van der Waals surface area contributed by atoms with Crippen molar-refractivity contribution in [2.24, 2.45) is 5.92 Å². The molecule has 2 aromatic rings. The number of benzene rings is 2. The third-order valence-corrected chi connectivity index (χ3v) is 8.29. The maximum Gasteiger partial charge on any atom is 0.414 e. The van der Waals surface area contributed by atoms with E-state index in [0.29, 0.717) is 13.0 Å². The molecule has 2 N–H and O–H groups in total. The van der Waals surface area contributed by atoms with Gasteiger partial charge in [-0.1, -0.05) is 36.8 Å². The number of hydrogen-bond acceptors (Lipinski definition) is 7. The third kappa shape index (κ3) is 8.39. The smallest absolute Gasteiger partial charge is 0.414 e. The summed E-state index contributed by atoms with van der Waals surface area (Å²) in [5.74, 6) is -4.17. The van der Waals surface area contributed by atoms with E-state index in [1.54, 1.807) is 0 Å². The molecule has 0 radical (unpaired) electrons. The first-order valence-corrected chi connectivity index (χ1v) is 15.0. The Labute approximate surface area is 247 Å². The first-order valence-electron chi connectivity index (χ1n) is 15.0. The highest BCUT2D eigenvalue weighted by Gasteiger charge is 2.38. The van der Waals surface area contributed by atoms with Crippen LogP contribution in [0.1, 0.15) is 48.9 Å². The molecule has 10 heteroatoms. The van der Waals surface area contributed by atoms with E-state index in [9.17, 15) is 9.59 Å². The largest absolute Gasteiger partial charge is 0.473 e. The molecular weight excluding hydrogens is 536 g/mol. The van der Waals surface area contributed by atoms with Gasteiger partial charge < -0.3 is 24.9 Å². The van der Waals surface area contributed by atoms with E-state index < -0.39 is 17.9 Å². The Hall–Kier alpha value is -3.76. The van der Waals surface area contributed by atoms with Crippen LogP contribution in [0.3, 0.4) is 0 Å². The number of likely N-dealkylation sites (tertiary alicyclic amines) is 1. The van der Waals surface area contributed by atoms with E-state index in [1.807, 2.05) is 29.2 Å². The number of anilines is 2. The lowest BCUT2D eigenvalue weighted by atomic mass is 9.87. The molecule has 2 saturated heterocycles. The van der Waals surface area contributed by atoms with Crippen molar-refractivity contribution in [1.29, 1.82) is 0 Å². The molecular formula is C32H42N4O6. The fraction of sp³-hybridized carbons (Fsp3) is 0.500. The van der Waals surface area contributed by atoms with E-state index in [0.717, 1.165) is 63.4 Å². The monoisotopic (exact) mass is 578 g/mol. The summed E-state index contributed by atoms with van der Waals surface area (Å²) in [5.41, 5.74) is 2.81. The highest BCUT2D eigenvalue weighted by molar-refractivity contribution is 6.27. The maximum atomic E-state index is 13.5. The van der Waals surface area contributed by atoms with Crippen LogP contribution in [0.15, 0.2) is 54.6 Å². The number of Topliss-reactive ketones (excluding diaryl/α,β-unsaturated/α-hetero) is 1. The number of hydrogen-bond donors (Lipinski definition) is 2. The van der Waals surface area contributed by atoms with Crippen LogP contribution in [0, 0.1) is 5.92 Å². The topological polar surface area (TPSA) is 122 Å². The Bertz CT molecular complexity index is 1200. The number of aliphatic carboxylic acids is 2. The Balaban J connectivity index is 0.000000612. The molecule has 1 amide bonds. The maximum absolute atomic E-state index is 13.5. The number of carbonyl (C=O) groups is 4. The molecule has 2 aromatic carbocycles. The van der Waals surface area contributed by atoms with Gasteiger partial charge in [0.25, 0.3) is 0 Å². The van der Waals surface area contributed by atoms with E-state index in [-0.39, 0.29) is 11.7 Å². The molecule has 5 rings (SSSR count). The molecule has 10 nitrogen and oxygen atoms in total. The molecule has 1 unspecified atom stereocenters. The Morgan fingerprint density at radius 1 is 0.690 bits per heavy atom. The van der Waals surface area contributed by atoms with Gasteiger partial charge >= 0.3 is 11.9 Å². The summed E-state index contributed by atoms with van der Waals surface area (Å²) in [6.07, 6.45) is 6.35. The normalized spacial score (nSPS) is 19.6. The van der Waals surface area contributed by atoms with Gasteiger partial charge in [-0.3, -0.25) is 14.5 Å². The minimum atomic E-state index is -1.82. The van der Waals surface area contributed by atoms with E-state index in [4.69, 9.17) is 19.8 Å². The molecule has 42 heavy (non-hydrogen) atoms. The number of piperidine rings is 1. The average Bonchev–Trinajstić information content (AvgIpc) is 3.02. The lowest BCUT2D eigenvalue weighted by molar-refractivity contribution is -0.159. The van der Waals surface area contributed by atoms with Crippen LogP contribution >= 0.6 is 0 Å². The number of amides is 1. The molecule has 1 atom stereocenters. The molecule has 226 valence electrons. The van der Waals surface area contributed by atoms with Gasteiger partial charge in [0, 0.05) is 44.0 Å². The van der Waals surface area contributed by atoms with Crippen LogP contribution < -0.4 is 9.80 Å². The first kappa shape index (κ1) is 31.2. The summed E-state index contributed by atoms with van der Waals surface area (Å²) >= 11 is 0. The van der Waals surface area contributed by atoms with Gasteiger partial charge in [0.05, 0.1) is 5.69 Å². The second-order valence-electron chi connectivity index (χ2n) is 11.1. The number of carboxylic acid groups (broad SMARTS) is 2. The first-order chi connectivity index (χ1) is 20.3. The zero-order valence-corrected chi connectivity index (χ0v) is 24.2. The Morgan fingerprint density at radius 3 is 1.95 bits per heavy atom. The molecule has 3 aliphatic rings. The number of ketones is 1. The minimum Gasteiger partial charge on any atom is -0.473 e. The average molecular weight is 579 g/mol. The quantitative estimate of drug-likeness (QED) is 0.340. The summed E-state index contributed by atoms with van der Waals surface area (Å²) < 4.78 is 0. The second-order valence-corrected chi connectivity index (χ2v) is 11.1. The van der Waals surface area contributed by atoms with Crippen molar-refractivity contribution in [2.75, 3.05) is 68.7 Å². The van der Waals surface area contributed by atoms with Crippen molar-refractivity contribution >= 4 is 35.0 Å². The fourth-order valence-electron chi connectivity index (χ4n) is 6.03. The molecule has 0 aromatic heterocycles. The molecule has 3 aliphatic heterocycles. The lowest BCUT2D eigenvalue weighted by Crippen LogP contribution is -2.47. The summed E-state index contributed by atoms with van der Waals surface area (Å²) in [6, 6.07) is 18.3. The molecule has 0 bridgehead atoms. The SMILES string of the molecule is O=C(O)C(=O)O.O=C1c2ccccc2N(CCCN2CCCCC2)C(=O)C1CCCN1CCN(c2ccccc2)CC1. The number of nitrogens with zero attached hydrogens (tertiary/aromatic N) is 4. The van der Waals surface area contributed by atoms with E-state index in [1.165, 1.54) is 38.0 Å². The van der Waals surface area contributed by atoms with Crippen molar-refractivity contribution < 1.29 is 29.4 Å². The van der Waals surface area contributed by atoms with Gasteiger partial charge in [0.2, 0.25) is 5.91 Å². The van der Waals surface area contributed by atoms with Gasteiger partial charge in [-0.2, -0.15) is 0 Å². The van der Waals surface area contributed by atoms with Gasteiger partial charge in [-0.05, 0) is 82.5 Å². The Kier molecular flexibility index (Phi) is 11.5. The highest BCUT2D eigenvalue weighted by Crippen LogP contribution is 2.33. The van der Waals surface area contributed by atoms with Crippen molar-refractivity contribution in [1.82, 2.24) is 9.80 Å². The van der Waals surface area contributed by atoms with Crippen molar-refractivity contribution in [3.05, 3.63) is 60.2 Å². The van der Waals surface area contributed by atoms with Crippen molar-refractivity contribution in [2.45, 2.75) is 38.5 Å². The molecule has 0 spiro atoms. The number of para-hydroxylation sites is 2. The van der Waals surface area contributed by atoms with Crippen LogP contribution in [0.4, 0.5) is 11.4 Å². The van der Waals surface area contributed by atoms with Gasteiger partial charge in [-0.25, -0.2) is 9.59 Å². The van der Waals surface area contributed by atoms with Gasteiger partial charge in [0.15, 0.2) is 5.78 Å². The van der Waals surface area contributed by atoms with Crippen LogP contribution in [0.25, 0.3) is 0 Å². The van der Waals surface area contributed by atoms with Crippen molar-refractivity contribution in [3.63, 3.8) is 0 Å². The summed E-state index contributed by atoms with van der Waals surface area (Å²) in [4.78, 5) is 54.4. The molecule has 3 heterocycles. The number of fused-ring (bicyclic) bond motifs is 1. The molecule has 0 saturated carbocycles. The summed E-state index contributed by atoms with van der Waals surface area (Å²) in [5, 5.41) is 14.8. The number of carboxylic acids is 2. The van der Waals surface area contributed by atoms with E-state index >= 15 is 0 Å². The van der Waals surface area contributed by atoms with E-state index in [2.05, 4.69) is 45.0 Å². The predicted octanol–water partition coefficient (Wildman–Crippen LogP) is 3.47. The number of rotatable bonds is 9. The second kappa shape index (κ2) is 15.5. The van der Waals surface area contributed by atoms with Crippen molar-refractivity contribution in [3.8, 4) is 0 Å². The van der Waals surface area contributed by atoms with Gasteiger partial charge in [-0.15, -0.1) is 0 Å². The van der Waals surface area contributed by atoms with Crippen LogP contribution in [0.5, 0.6) is 0 Å². The fourth-order valence-corrected chi connectivity index (χ4v) is 6.03. The zero-order chi connectivity index (χ0) is 29.9. The summed E-state index contributed by atoms with van der Waals surface area (Å²) in [7, 11) is 0. The van der Waals surface area contributed by atoms with Crippen LogP contribution in [0.2, 0.25) is 0 Å². The van der Waals surface area contributed by atoms with Gasteiger partial charge in [0.1, 0.15) is 5.92 Å². The Morgan fingerprint density at radius 2 is 1.29 bits per heavy atom. The zero-order valence-electron chi connectivity index (χ0n) is 24.2. The predicted molar refractivity (Wildman–Crippen MR) is 161 cm³/mol. The van der Waals surface area contributed by atoms with Crippen LogP contribution in [-0.4, -0.2) is 103 Å². The third-order valence-electron chi connectivity index (χ3n) is 8.29. The summed E-state index contributed by atoms with van der Waals surface area (Å²) in [6.45, 7) is 9.08. The lowest BCUT2D eigenvalue weighted by Gasteiger charge is -2.37. The molecule has 2 fully saturated rings. The standard InChI is InChI=1S/C30H40N4O2.C2H2O4/c35-29-26-13-5-6-15-28(26)34(20-10-19-31-16-7-2-8-17-31)30(36)27(29)14-9-18-32-21-23-33(24-22-32)25-11-3-1-4-12-25;3-1(4)2(5)6/h1,3-6,11-13,15,27H,2,7-10,14,16-24H2;(H,3,4)(H,5,6). The number of carbonyl (C=O) groups excluding carboxylic acids is 2.